The number of benzene rings is 3. The zero-order chi connectivity index (χ0) is 27.0. The van der Waals surface area contributed by atoms with Crippen molar-refractivity contribution in [3.63, 3.8) is 0 Å². The van der Waals surface area contributed by atoms with Gasteiger partial charge in [0.25, 0.3) is 0 Å². The van der Waals surface area contributed by atoms with Crippen molar-refractivity contribution in [2.45, 2.75) is 30.3 Å². The molecule has 199 valence electrons. The van der Waals surface area contributed by atoms with Gasteiger partial charge in [0, 0.05) is 6.42 Å². The first-order chi connectivity index (χ1) is 18.9. The number of halogens is 1. The Hall–Kier alpha value is -3.00. The second-order valence-corrected chi connectivity index (χ2v) is 11.8. The molecule has 6 rings (SSSR count). The smallest absolute Gasteiger partial charge is 0.315 e. The van der Waals surface area contributed by atoms with E-state index in [2.05, 4.69) is 12.8 Å². The van der Waals surface area contributed by atoms with Crippen molar-refractivity contribution < 1.29 is 27.2 Å². The van der Waals surface area contributed by atoms with Crippen LogP contribution in [0.1, 0.15) is 24.0 Å². The molecule has 39 heavy (non-hydrogen) atoms. The van der Waals surface area contributed by atoms with Gasteiger partial charge in [-0.15, -0.1) is 0 Å². The highest BCUT2D eigenvalue weighted by molar-refractivity contribution is 7.87. The van der Waals surface area contributed by atoms with Crippen molar-refractivity contribution in [1.82, 2.24) is 0 Å². The molecule has 1 aliphatic carbocycles. The van der Waals surface area contributed by atoms with Gasteiger partial charge in [0.1, 0.15) is 22.9 Å². The maximum absolute atomic E-state index is 13.4. The molecule has 3 atom stereocenters. The predicted octanol–water partition coefficient (Wildman–Crippen LogP) is 6.08. The summed E-state index contributed by atoms with van der Waals surface area (Å²) in [6.07, 6.45) is 8.05. The molecule has 0 aromatic heterocycles. The molecule has 3 aromatic rings. The topological polar surface area (TPSA) is 82.1 Å². The molecule has 3 aliphatic rings. The third kappa shape index (κ3) is 5.40. The number of aromatic hydroxyl groups is 1. The Kier molecular flexibility index (Phi) is 7.31. The van der Waals surface area contributed by atoms with Crippen LogP contribution in [0.3, 0.4) is 0 Å². The molecule has 8 heteroatoms. The van der Waals surface area contributed by atoms with Crippen molar-refractivity contribution >= 4 is 32.9 Å². The number of hydrogen-bond donors (Lipinski definition) is 1. The Labute approximate surface area is 234 Å². The van der Waals surface area contributed by atoms with Crippen LogP contribution in [0.25, 0.3) is 11.1 Å². The molecule has 2 bridgehead atoms. The first-order valence-electron chi connectivity index (χ1n) is 12.7. The SMILES string of the molecule is O=S(=O)(Oc1ccccc1Cl)[C@H]1C[C@H]2O[C@@H]1C(c1ccc(OCC[C]3[CH][CH][CH][CH]3)cc1)=C2c1ccc(O)cc1. The maximum Gasteiger partial charge on any atom is 0.315 e. The van der Waals surface area contributed by atoms with E-state index in [0.717, 1.165) is 34.4 Å². The predicted molar refractivity (Wildman–Crippen MR) is 150 cm³/mol. The molecule has 0 spiro atoms. The molecule has 0 amide bonds. The number of hydrogen-bond acceptors (Lipinski definition) is 6. The number of para-hydroxylation sites is 1. The molecule has 2 aliphatic heterocycles. The zero-order valence-electron chi connectivity index (χ0n) is 20.9. The van der Waals surface area contributed by atoms with Crippen molar-refractivity contribution in [2.24, 2.45) is 0 Å². The summed E-state index contributed by atoms with van der Waals surface area (Å²) in [7, 11) is -4.07. The Morgan fingerprint density at radius 3 is 2.28 bits per heavy atom. The van der Waals surface area contributed by atoms with E-state index in [-0.39, 0.29) is 22.9 Å². The van der Waals surface area contributed by atoms with Crippen molar-refractivity contribution in [3.05, 3.63) is 121 Å². The minimum atomic E-state index is -4.07. The van der Waals surface area contributed by atoms with Gasteiger partial charge in [0.15, 0.2) is 5.75 Å². The van der Waals surface area contributed by atoms with Crippen LogP contribution in [0.5, 0.6) is 17.2 Å². The molecule has 2 fully saturated rings. The quantitative estimate of drug-likeness (QED) is 0.319. The summed E-state index contributed by atoms with van der Waals surface area (Å²) < 4.78 is 44.6. The minimum absolute atomic E-state index is 0.0921. The van der Waals surface area contributed by atoms with Gasteiger partial charge < -0.3 is 18.8 Å². The number of phenols is 1. The van der Waals surface area contributed by atoms with Gasteiger partial charge >= 0.3 is 10.1 Å². The van der Waals surface area contributed by atoms with Crippen LogP contribution < -0.4 is 8.92 Å². The largest absolute Gasteiger partial charge is 0.508 e. The van der Waals surface area contributed by atoms with Crippen LogP contribution in [0, 0.1) is 31.6 Å². The van der Waals surface area contributed by atoms with Crippen LogP contribution in [0.4, 0.5) is 0 Å². The maximum atomic E-state index is 13.4. The van der Waals surface area contributed by atoms with Crippen molar-refractivity contribution in [2.75, 3.05) is 6.61 Å². The Morgan fingerprint density at radius 1 is 0.897 bits per heavy atom. The fourth-order valence-corrected chi connectivity index (χ4v) is 6.94. The van der Waals surface area contributed by atoms with Gasteiger partial charge in [0.2, 0.25) is 0 Å². The fourth-order valence-electron chi connectivity index (χ4n) is 5.29. The summed E-state index contributed by atoms with van der Waals surface area (Å²) >= 11 is 6.17. The summed E-state index contributed by atoms with van der Waals surface area (Å²) in [5, 5.41) is 9.13. The van der Waals surface area contributed by atoms with Crippen molar-refractivity contribution in [3.8, 4) is 17.2 Å². The molecule has 6 nitrogen and oxygen atoms in total. The van der Waals surface area contributed by atoms with Crippen LogP contribution in [0.2, 0.25) is 5.02 Å². The van der Waals surface area contributed by atoms with Crippen LogP contribution in [-0.2, 0) is 14.9 Å². The monoisotopic (exact) mass is 561 g/mol. The van der Waals surface area contributed by atoms with Crippen LogP contribution in [0.15, 0.2) is 72.8 Å². The third-order valence-electron chi connectivity index (χ3n) is 7.14. The molecule has 3 aromatic carbocycles. The second-order valence-electron chi connectivity index (χ2n) is 9.62. The number of ether oxygens (including phenoxy) is 2. The molecule has 2 heterocycles. The average Bonchev–Trinajstić information content (AvgIpc) is 3.68. The third-order valence-corrected chi connectivity index (χ3v) is 9.05. The summed E-state index contributed by atoms with van der Waals surface area (Å²) in [6, 6.07) is 21.0. The lowest BCUT2D eigenvalue weighted by Gasteiger charge is -2.25. The number of rotatable bonds is 9. The number of phenolic OH excluding ortho intramolecular Hbond substituents is 1. The lowest BCUT2D eigenvalue weighted by molar-refractivity contribution is 0.128. The van der Waals surface area contributed by atoms with E-state index in [1.807, 2.05) is 49.2 Å². The van der Waals surface area contributed by atoms with Gasteiger partial charge in [-0.25, -0.2) is 0 Å². The van der Waals surface area contributed by atoms with E-state index in [1.165, 1.54) is 12.0 Å². The summed E-state index contributed by atoms with van der Waals surface area (Å²) in [5.74, 6) is 2.20. The van der Waals surface area contributed by atoms with E-state index in [9.17, 15) is 13.5 Å². The van der Waals surface area contributed by atoms with E-state index in [4.69, 9.17) is 25.3 Å². The molecular weight excluding hydrogens is 536 g/mol. The van der Waals surface area contributed by atoms with Gasteiger partial charge in [0.05, 0.1) is 17.7 Å². The molecule has 0 unspecified atom stereocenters. The second kappa shape index (κ2) is 10.9. The minimum Gasteiger partial charge on any atom is -0.508 e. The summed E-state index contributed by atoms with van der Waals surface area (Å²) in [6.45, 7) is 0.554. The summed E-state index contributed by atoms with van der Waals surface area (Å²) in [4.78, 5) is 0. The Balaban J connectivity index is 1.29. The van der Waals surface area contributed by atoms with Crippen LogP contribution in [-0.4, -0.2) is 37.6 Å². The van der Waals surface area contributed by atoms with E-state index in [1.54, 1.807) is 30.3 Å². The highest BCUT2D eigenvalue weighted by Crippen LogP contribution is 2.51. The summed E-state index contributed by atoms with van der Waals surface area (Å²) in [5.41, 5.74) is 3.41. The van der Waals surface area contributed by atoms with Crippen molar-refractivity contribution in [1.29, 1.82) is 0 Å². The van der Waals surface area contributed by atoms with Gasteiger partial charge in [-0.2, -0.15) is 8.42 Å². The number of fused-ring (bicyclic) bond motifs is 2. The standard InChI is InChI=1S/C31H26ClO6S/c32-25-7-3-4-8-26(25)38-39(34,35)28-19-27-29(21-9-13-23(33)14-10-21)30(31(28)37-27)22-11-15-24(16-12-22)36-18-17-20-5-1-2-6-20/h1-16,27-28,31,33H,17-19H2/t27-,28+,31+/m1/s1. The lowest BCUT2D eigenvalue weighted by Crippen LogP contribution is -2.35. The van der Waals surface area contributed by atoms with Gasteiger partial charge in [-0.05, 0) is 96.7 Å². The first kappa shape index (κ1) is 26.2. The van der Waals surface area contributed by atoms with E-state index < -0.39 is 27.6 Å². The molecule has 1 saturated carbocycles. The van der Waals surface area contributed by atoms with E-state index >= 15 is 0 Å². The lowest BCUT2D eigenvalue weighted by atomic mass is 9.83. The normalized spacial score (nSPS) is 22.9. The zero-order valence-corrected chi connectivity index (χ0v) is 22.4. The molecular formula is C31H26ClO6S. The first-order valence-corrected chi connectivity index (χ1v) is 14.5. The fraction of sp³-hybridized carbons (Fsp3) is 0.194. The Bertz CT molecular complexity index is 1460. The van der Waals surface area contributed by atoms with Gasteiger partial charge in [-0.1, -0.05) is 48.0 Å². The highest BCUT2D eigenvalue weighted by Gasteiger charge is 2.53. The van der Waals surface area contributed by atoms with Gasteiger partial charge in [-0.3, -0.25) is 0 Å². The van der Waals surface area contributed by atoms with E-state index in [0.29, 0.717) is 6.61 Å². The molecule has 5 radical (unpaired) electrons. The highest BCUT2D eigenvalue weighted by atomic mass is 35.5. The van der Waals surface area contributed by atoms with Crippen LogP contribution >= 0.6 is 11.6 Å². The molecule has 1 saturated heterocycles. The Morgan fingerprint density at radius 2 is 1.56 bits per heavy atom. The molecule has 1 N–H and O–H groups in total. The average molecular weight is 562 g/mol.